The molecule has 1 aliphatic rings. The zero-order valence-corrected chi connectivity index (χ0v) is 15.8. The van der Waals surface area contributed by atoms with Crippen LogP contribution in [0.25, 0.3) is 22.2 Å². The normalized spacial score (nSPS) is 15.3. The average molecular weight is 401 g/mol. The van der Waals surface area contributed by atoms with Crippen LogP contribution in [0.5, 0.6) is 0 Å². The number of fused-ring (bicyclic) bond motifs is 1. The SMILES string of the molecule is CCn1ncc2c(-c3cncc(Br)c3)c(CO)c(C3CCCC3)nc21. The van der Waals surface area contributed by atoms with Gasteiger partial charge in [0.1, 0.15) is 0 Å². The molecule has 3 aromatic heterocycles. The molecule has 1 fully saturated rings. The first-order valence-electron chi connectivity index (χ1n) is 8.83. The van der Waals surface area contributed by atoms with E-state index >= 15 is 0 Å². The molecule has 6 heteroatoms. The van der Waals surface area contributed by atoms with Crippen molar-refractivity contribution in [2.24, 2.45) is 0 Å². The number of aromatic nitrogens is 4. The number of rotatable bonds is 4. The molecule has 0 unspecified atom stereocenters. The quantitative estimate of drug-likeness (QED) is 0.703. The largest absolute Gasteiger partial charge is 0.392 e. The maximum Gasteiger partial charge on any atom is 0.158 e. The van der Waals surface area contributed by atoms with Crippen LogP contribution < -0.4 is 0 Å². The Balaban J connectivity index is 2.05. The van der Waals surface area contributed by atoms with Crippen LogP contribution in [0.3, 0.4) is 0 Å². The van der Waals surface area contributed by atoms with Gasteiger partial charge in [0.25, 0.3) is 0 Å². The van der Waals surface area contributed by atoms with Gasteiger partial charge in [-0.1, -0.05) is 12.8 Å². The number of aliphatic hydroxyl groups is 1. The Morgan fingerprint density at radius 1 is 1.24 bits per heavy atom. The lowest BCUT2D eigenvalue weighted by molar-refractivity contribution is 0.280. The molecule has 0 atom stereocenters. The Labute approximate surface area is 155 Å². The molecule has 130 valence electrons. The van der Waals surface area contributed by atoms with Gasteiger partial charge in [-0.3, -0.25) is 4.98 Å². The highest BCUT2D eigenvalue weighted by molar-refractivity contribution is 9.10. The van der Waals surface area contributed by atoms with E-state index in [1.807, 2.05) is 23.1 Å². The van der Waals surface area contributed by atoms with Gasteiger partial charge in [0.05, 0.1) is 18.5 Å². The maximum atomic E-state index is 10.2. The Bertz CT molecular complexity index is 915. The second-order valence-electron chi connectivity index (χ2n) is 6.58. The van der Waals surface area contributed by atoms with Crippen molar-refractivity contribution in [3.8, 4) is 11.1 Å². The first kappa shape index (κ1) is 16.7. The molecule has 0 bridgehead atoms. The molecule has 1 aliphatic carbocycles. The van der Waals surface area contributed by atoms with Crippen LogP contribution in [0, 0.1) is 0 Å². The number of hydrogen-bond acceptors (Lipinski definition) is 4. The van der Waals surface area contributed by atoms with Crippen molar-refractivity contribution >= 4 is 27.0 Å². The van der Waals surface area contributed by atoms with E-state index in [9.17, 15) is 5.11 Å². The molecule has 0 saturated heterocycles. The van der Waals surface area contributed by atoms with Crippen molar-refractivity contribution in [1.82, 2.24) is 19.7 Å². The van der Waals surface area contributed by atoms with Gasteiger partial charge in [-0.15, -0.1) is 0 Å². The molecule has 1 saturated carbocycles. The molecular formula is C19H21BrN4O. The first-order chi connectivity index (χ1) is 12.2. The van der Waals surface area contributed by atoms with E-state index in [1.54, 1.807) is 6.20 Å². The Hall–Kier alpha value is -1.79. The van der Waals surface area contributed by atoms with Gasteiger partial charge in [-0.2, -0.15) is 5.10 Å². The number of halogens is 1. The minimum atomic E-state index is -0.0199. The molecule has 3 heterocycles. The highest BCUT2D eigenvalue weighted by Gasteiger charge is 2.26. The van der Waals surface area contributed by atoms with Crippen LogP contribution in [0.15, 0.2) is 29.1 Å². The fourth-order valence-electron chi connectivity index (χ4n) is 3.95. The standard InChI is InChI=1S/C19H21BrN4O/c1-2-24-19-15(10-22-24)17(13-7-14(20)9-21-8-13)16(11-25)18(23-19)12-5-3-4-6-12/h7-10,12,25H,2-6,11H2,1H3. The molecular weight excluding hydrogens is 380 g/mol. The molecule has 0 spiro atoms. The van der Waals surface area contributed by atoms with Crippen LogP contribution in [0.2, 0.25) is 0 Å². The minimum absolute atomic E-state index is 0.0199. The fourth-order valence-corrected chi connectivity index (χ4v) is 4.32. The summed E-state index contributed by atoms with van der Waals surface area (Å²) in [5.41, 5.74) is 4.87. The van der Waals surface area contributed by atoms with Gasteiger partial charge < -0.3 is 5.11 Å². The van der Waals surface area contributed by atoms with Crippen molar-refractivity contribution in [1.29, 1.82) is 0 Å². The number of aryl methyl sites for hydroxylation is 1. The first-order valence-corrected chi connectivity index (χ1v) is 9.62. The second-order valence-corrected chi connectivity index (χ2v) is 7.50. The van der Waals surface area contributed by atoms with Gasteiger partial charge in [-0.05, 0) is 41.8 Å². The molecule has 0 radical (unpaired) electrons. The van der Waals surface area contributed by atoms with E-state index in [-0.39, 0.29) is 6.61 Å². The van der Waals surface area contributed by atoms with Gasteiger partial charge >= 0.3 is 0 Å². The molecule has 1 N–H and O–H groups in total. The predicted molar refractivity (Wildman–Crippen MR) is 101 cm³/mol. The minimum Gasteiger partial charge on any atom is -0.392 e. The highest BCUT2D eigenvalue weighted by Crippen LogP contribution is 2.41. The summed E-state index contributed by atoms with van der Waals surface area (Å²) in [5.74, 6) is 0.422. The van der Waals surface area contributed by atoms with Crippen molar-refractivity contribution in [3.63, 3.8) is 0 Å². The summed E-state index contributed by atoms with van der Waals surface area (Å²) in [7, 11) is 0. The summed E-state index contributed by atoms with van der Waals surface area (Å²) in [5, 5.41) is 15.7. The smallest absolute Gasteiger partial charge is 0.158 e. The monoisotopic (exact) mass is 400 g/mol. The van der Waals surface area contributed by atoms with E-state index in [2.05, 4.69) is 32.9 Å². The van der Waals surface area contributed by atoms with Crippen molar-refractivity contribution < 1.29 is 5.11 Å². The lowest BCUT2D eigenvalue weighted by Gasteiger charge is -2.18. The third-order valence-corrected chi connectivity index (χ3v) is 5.55. The van der Waals surface area contributed by atoms with Crippen molar-refractivity contribution in [2.45, 2.75) is 51.7 Å². The lowest BCUT2D eigenvalue weighted by Crippen LogP contribution is -2.08. The lowest BCUT2D eigenvalue weighted by atomic mass is 9.91. The van der Waals surface area contributed by atoms with Crippen molar-refractivity contribution in [3.05, 3.63) is 40.4 Å². The molecule has 3 aromatic rings. The number of pyridine rings is 2. The highest BCUT2D eigenvalue weighted by atomic mass is 79.9. The number of aliphatic hydroxyl groups excluding tert-OH is 1. The van der Waals surface area contributed by atoms with Crippen LogP contribution >= 0.6 is 15.9 Å². The fraction of sp³-hybridized carbons (Fsp3) is 0.421. The van der Waals surface area contributed by atoms with Gasteiger partial charge in [0.15, 0.2) is 5.65 Å². The zero-order valence-electron chi connectivity index (χ0n) is 14.2. The third-order valence-electron chi connectivity index (χ3n) is 5.11. The van der Waals surface area contributed by atoms with E-state index in [0.717, 1.165) is 57.3 Å². The topological polar surface area (TPSA) is 63.8 Å². The van der Waals surface area contributed by atoms with Crippen LogP contribution in [0.4, 0.5) is 0 Å². The molecule has 5 nitrogen and oxygen atoms in total. The molecule has 4 rings (SSSR count). The van der Waals surface area contributed by atoms with E-state index in [4.69, 9.17) is 4.98 Å². The van der Waals surface area contributed by atoms with Crippen LogP contribution in [0.1, 0.15) is 49.8 Å². The Morgan fingerprint density at radius 3 is 2.72 bits per heavy atom. The zero-order chi connectivity index (χ0) is 17.4. The van der Waals surface area contributed by atoms with Gasteiger partial charge in [0, 0.05) is 51.4 Å². The third kappa shape index (κ3) is 2.87. The molecule has 0 amide bonds. The average Bonchev–Trinajstić information content (AvgIpc) is 3.29. The second kappa shape index (κ2) is 6.84. The van der Waals surface area contributed by atoms with Crippen LogP contribution in [-0.4, -0.2) is 24.9 Å². The summed E-state index contributed by atoms with van der Waals surface area (Å²) in [6.07, 6.45) is 10.2. The maximum absolute atomic E-state index is 10.2. The summed E-state index contributed by atoms with van der Waals surface area (Å²) in [6, 6.07) is 2.04. The van der Waals surface area contributed by atoms with E-state index in [1.165, 1.54) is 12.8 Å². The Kier molecular flexibility index (Phi) is 4.56. The summed E-state index contributed by atoms with van der Waals surface area (Å²) < 4.78 is 2.85. The number of hydrogen-bond donors (Lipinski definition) is 1. The summed E-state index contributed by atoms with van der Waals surface area (Å²) >= 11 is 3.51. The molecule has 0 aromatic carbocycles. The van der Waals surface area contributed by atoms with Gasteiger partial charge in [-0.25, -0.2) is 9.67 Å². The van der Waals surface area contributed by atoms with Crippen LogP contribution in [-0.2, 0) is 13.2 Å². The number of nitrogens with zero attached hydrogens (tertiary/aromatic N) is 4. The molecule has 0 aliphatic heterocycles. The Morgan fingerprint density at radius 2 is 2.04 bits per heavy atom. The molecule has 25 heavy (non-hydrogen) atoms. The van der Waals surface area contributed by atoms with E-state index < -0.39 is 0 Å². The van der Waals surface area contributed by atoms with Crippen molar-refractivity contribution in [2.75, 3.05) is 0 Å². The predicted octanol–water partition coefficient (Wildman–Crippen LogP) is 4.43. The van der Waals surface area contributed by atoms with E-state index in [0.29, 0.717) is 5.92 Å². The summed E-state index contributed by atoms with van der Waals surface area (Å²) in [6.45, 7) is 2.83. The van der Waals surface area contributed by atoms with Gasteiger partial charge in [0.2, 0.25) is 0 Å². The summed E-state index contributed by atoms with van der Waals surface area (Å²) in [4.78, 5) is 9.30.